The van der Waals surface area contributed by atoms with Gasteiger partial charge in [-0.05, 0) is 49.6 Å². The van der Waals surface area contributed by atoms with E-state index in [1.54, 1.807) is 0 Å². The fourth-order valence-corrected chi connectivity index (χ4v) is 4.05. The molecule has 0 spiro atoms. The molecule has 0 saturated carbocycles. The number of nitrogens with two attached hydrogens (primary N) is 1. The molecule has 1 aliphatic heterocycles. The van der Waals surface area contributed by atoms with Crippen LogP contribution in [0.2, 0.25) is 0 Å². The Labute approximate surface area is 211 Å². The van der Waals surface area contributed by atoms with E-state index in [-0.39, 0.29) is 6.79 Å². The molecule has 0 atom stereocenters. The maximum atomic E-state index is 5.60. The number of nitrogens with zero attached hydrogens (tertiary/aromatic N) is 3. The number of fused-ring (bicyclic) bond motifs is 1. The first kappa shape index (κ1) is 25.6. The molecule has 1 aliphatic rings. The lowest BCUT2D eigenvalue weighted by Crippen LogP contribution is -2.16. The van der Waals surface area contributed by atoms with Crippen LogP contribution in [0.4, 0.5) is 11.9 Å². The Kier molecular flexibility index (Phi) is 8.88. The summed E-state index contributed by atoms with van der Waals surface area (Å²) in [6, 6.07) is 10.1. The van der Waals surface area contributed by atoms with Gasteiger partial charge in [0, 0.05) is 25.2 Å². The minimum Gasteiger partial charge on any atom is -0.454 e. The van der Waals surface area contributed by atoms with Crippen molar-refractivity contribution >= 4 is 11.9 Å². The number of ether oxygens (including phenoxy) is 4. The minimum absolute atomic E-state index is 0.248. The Morgan fingerprint density at radius 3 is 2.28 bits per heavy atom. The van der Waals surface area contributed by atoms with E-state index in [0.29, 0.717) is 63.8 Å². The summed E-state index contributed by atoms with van der Waals surface area (Å²) >= 11 is 0. The molecule has 0 bridgehead atoms. The maximum Gasteiger partial charge on any atom is 0.231 e. The second-order valence-corrected chi connectivity index (χ2v) is 8.56. The van der Waals surface area contributed by atoms with Gasteiger partial charge in [-0.3, -0.25) is 0 Å². The molecule has 0 radical (unpaired) electrons. The van der Waals surface area contributed by atoms with Gasteiger partial charge in [0.05, 0.1) is 26.4 Å². The van der Waals surface area contributed by atoms with E-state index in [4.69, 9.17) is 34.6 Å². The predicted octanol–water partition coefficient (Wildman–Crippen LogP) is 3.21. The molecule has 0 unspecified atom stereocenters. The Balaban J connectivity index is 1.47. The van der Waals surface area contributed by atoms with E-state index in [1.807, 2.05) is 18.2 Å². The minimum atomic E-state index is 0.248. The Morgan fingerprint density at radius 1 is 0.833 bits per heavy atom. The van der Waals surface area contributed by atoms with E-state index in [9.17, 15) is 0 Å². The molecule has 4 rings (SSSR count). The van der Waals surface area contributed by atoms with Gasteiger partial charge in [0.1, 0.15) is 0 Å². The van der Waals surface area contributed by atoms with Gasteiger partial charge < -0.3 is 35.3 Å². The number of nitrogens with one attached hydrogen (secondary N) is 2. The number of anilines is 2. The maximum absolute atomic E-state index is 5.60. The summed E-state index contributed by atoms with van der Waals surface area (Å²) in [5.41, 5.74) is 10.9. The van der Waals surface area contributed by atoms with Crippen LogP contribution in [0.5, 0.6) is 11.5 Å². The van der Waals surface area contributed by atoms with Crippen molar-refractivity contribution in [2.45, 2.75) is 27.3 Å². The van der Waals surface area contributed by atoms with E-state index in [1.165, 1.54) is 5.56 Å². The second kappa shape index (κ2) is 12.5. The largest absolute Gasteiger partial charge is 0.454 e. The van der Waals surface area contributed by atoms with Gasteiger partial charge in [-0.25, -0.2) is 0 Å². The molecule has 10 heteroatoms. The van der Waals surface area contributed by atoms with Gasteiger partial charge in [-0.1, -0.05) is 23.8 Å². The standard InChI is InChI=1S/C26H34N6O4/c1-17-12-18(2)23(19(3)13-17)24-30-25(28-7-9-34-11-10-33-8-6-27)32-26(31-24)29-15-20-4-5-21-22(14-20)36-16-35-21/h4-5,12-14H,6-11,15-16,27H2,1-3H3,(H2,28,29,30,31,32). The van der Waals surface area contributed by atoms with Gasteiger partial charge in [-0.15, -0.1) is 0 Å². The first-order chi connectivity index (χ1) is 17.5. The van der Waals surface area contributed by atoms with Crippen LogP contribution in [0.1, 0.15) is 22.3 Å². The van der Waals surface area contributed by atoms with Crippen LogP contribution in [0.15, 0.2) is 30.3 Å². The van der Waals surface area contributed by atoms with E-state index in [2.05, 4.69) is 48.5 Å². The molecule has 2 aromatic carbocycles. The molecule has 3 aromatic rings. The molecule has 0 fully saturated rings. The summed E-state index contributed by atoms with van der Waals surface area (Å²) in [6.45, 7) is 10.1. The highest BCUT2D eigenvalue weighted by atomic mass is 16.7. The number of hydrogen-bond acceptors (Lipinski definition) is 10. The number of hydrogen-bond donors (Lipinski definition) is 3. The molecule has 0 amide bonds. The first-order valence-corrected chi connectivity index (χ1v) is 12.1. The average Bonchev–Trinajstić information content (AvgIpc) is 3.32. The predicted molar refractivity (Wildman–Crippen MR) is 139 cm³/mol. The molecule has 0 saturated heterocycles. The van der Waals surface area contributed by atoms with Crippen LogP contribution in [0, 0.1) is 20.8 Å². The van der Waals surface area contributed by atoms with Crippen molar-refractivity contribution in [3.8, 4) is 22.9 Å². The number of aromatic nitrogens is 3. The number of rotatable bonds is 13. The van der Waals surface area contributed by atoms with Crippen LogP contribution in [0.3, 0.4) is 0 Å². The van der Waals surface area contributed by atoms with E-state index >= 15 is 0 Å². The first-order valence-electron chi connectivity index (χ1n) is 12.1. The number of benzene rings is 2. The van der Waals surface area contributed by atoms with E-state index in [0.717, 1.165) is 33.8 Å². The van der Waals surface area contributed by atoms with Crippen LogP contribution in [-0.4, -0.2) is 61.3 Å². The SMILES string of the molecule is Cc1cc(C)c(-c2nc(NCCOCCOCCN)nc(NCc3ccc4c(c3)OCO4)n2)c(C)c1. The van der Waals surface area contributed by atoms with Crippen molar-refractivity contribution in [3.05, 3.63) is 52.6 Å². The fourth-order valence-electron chi connectivity index (χ4n) is 4.05. The van der Waals surface area contributed by atoms with Gasteiger partial charge in [0.2, 0.25) is 18.7 Å². The van der Waals surface area contributed by atoms with E-state index < -0.39 is 0 Å². The molecular weight excluding hydrogens is 460 g/mol. The molecule has 192 valence electrons. The molecule has 36 heavy (non-hydrogen) atoms. The Morgan fingerprint density at radius 2 is 1.53 bits per heavy atom. The average molecular weight is 495 g/mol. The Hall–Kier alpha value is -3.47. The summed E-state index contributed by atoms with van der Waals surface area (Å²) in [7, 11) is 0. The van der Waals surface area contributed by atoms with Crippen LogP contribution in [-0.2, 0) is 16.0 Å². The Bertz CT molecular complexity index is 1150. The van der Waals surface area contributed by atoms with Gasteiger partial charge in [0.25, 0.3) is 0 Å². The van der Waals surface area contributed by atoms with Gasteiger partial charge >= 0.3 is 0 Å². The van der Waals surface area contributed by atoms with Crippen molar-refractivity contribution in [1.29, 1.82) is 0 Å². The zero-order chi connectivity index (χ0) is 25.3. The lowest BCUT2D eigenvalue weighted by molar-refractivity contribution is 0.0547. The quantitative estimate of drug-likeness (QED) is 0.305. The summed E-state index contributed by atoms with van der Waals surface area (Å²) in [5.74, 6) is 3.08. The van der Waals surface area contributed by atoms with Crippen LogP contribution in [0.25, 0.3) is 11.4 Å². The van der Waals surface area contributed by atoms with Gasteiger partial charge in [0.15, 0.2) is 17.3 Å². The number of aryl methyl sites for hydroxylation is 3. The second-order valence-electron chi connectivity index (χ2n) is 8.56. The zero-order valence-corrected chi connectivity index (χ0v) is 21.1. The normalized spacial score (nSPS) is 12.1. The molecule has 0 aliphatic carbocycles. The zero-order valence-electron chi connectivity index (χ0n) is 21.1. The molecule has 10 nitrogen and oxygen atoms in total. The van der Waals surface area contributed by atoms with Gasteiger partial charge in [-0.2, -0.15) is 15.0 Å². The smallest absolute Gasteiger partial charge is 0.231 e. The highest BCUT2D eigenvalue weighted by molar-refractivity contribution is 5.67. The van der Waals surface area contributed by atoms with Crippen LogP contribution >= 0.6 is 0 Å². The fraction of sp³-hybridized carbons (Fsp3) is 0.423. The monoisotopic (exact) mass is 494 g/mol. The van der Waals surface area contributed by atoms with Crippen molar-refractivity contribution in [2.24, 2.45) is 5.73 Å². The van der Waals surface area contributed by atoms with Crippen molar-refractivity contribution in [2.75, 3.05) is 56.9 Å². The topological polar surface area (TPSA) is 126 Å². The molecule has 2 heterocycles. The third kappa shape index (κ3) is 6.81. The highest BCUT2D eigenvalue weighted by Crippen LogP contribution is 2.33. The summed E-state index contributed by atoms with van der Waals surface area (Å²) in [4.78, 5) is 14.0. The third-order valence-electron chi connectivity index (χ3n) is 5.59. The van der Waals surface area contributed by atoms with Crippen molar-refractivity contribution in [3.63, 3.8) is 0 Å². The van der Waals surface area contributed by atoms with Crippen molar-refractivity contribution in [1.82, 2.24) is 15.0 Å². The highest BCUT2D eigenvalue weighted by Gasteiger charge is 2.15. The lowest BCUT2D eigenvalue weighted by atomic mass is 9.99. The lowest BCUT2D eigenvalue weighted by Gasteiger charge is -2.14. The molecule has 4 N–H and O–H groups in total. The van der Waals surface area contributed by atoms with Crippen molar-refractivity contribution < 1.29 is 18.9 Å². The third-order valence-corrected chi connectivity index (χ3v) is 5.59. The molecule has 1 aromatic heterocycles. The molecular formula is C26H34N6O4. The summed E-state index contributed by atoms with van der Waals surface area (Å²) in [5, 5.41) is 6.58. The summed E-state index contributed by atoms with van der Waals surface area (Å²) in [6.07, 6.45) is 0. The van der Waals surface area contributed by atoms with Crippen LogP contribution < -0.4 is 25.8 Å². The summed E-state index contributed by atoms with van der Waals surface area (Å²) < 4.78 is 21.8.